The van der Waals surface area contributed by atoms with Crippen LogP contribution in [-0.2, 0) is 10.8 Å². The topological polar surface area (TPSA) is 0 Å². The zero-order valence-electron chi connectivity index (χ0n) is 27.9. The van der Waals surface area contributed by atoms with Gasteiger partial charge in [0.05, 0.1) is 0 Å². The summed E-state index contributed by atoms with van der Waals surface area (Å²) >= 11 is -2.59. The van der Waals surface area contributed by atoms with Crippen molar-refractivity contribution >= 4 is 25.4 Å². The standard InChI is InChI=1S/C42H48Ge/c1-27-25-37-33(29-17-21-31(22-18-29)41(3,4)5)13-11-15-35(37)39(27)43(9,10)40-28(2)26-38-34(14-12-16-36(38)40)30-19-23-32(24-20-30)42(6,7)8/h11-26,39-40H,1-10H3. The molecule has 0 saturated heterocycles. The Morgan fingerprint density at radius 1 is 0.488 bits per heavy atom. The third-order valence-electron chi connectivity index (χ3n) is 10.2. The Balaban J connectivity index is 1.38. The van der Waals surface area contributed by atoms with Crippen molar-refractivity contribution < 1.29 is 0 Å². The van der Waals surface area contributed by atoms with Crippen LogP contribution in [0.2, 0.25) is 11.5 Å². The number of fused-ring (bicyclic) bond motifs is 2. The second-order valence-corrected chi connectivity index (χ2v) is 25.8. The summed E-state index contributed by atoms with van der Waals surface area (Å²) < 4.78 is 1.08. The van der Waals surface area contributed by atoms with Crippen LogP contribution in [0.25, 0.3) is 34.4 Å². The van der Waals surface area contributed by atoms with Gasteiger partial charge in [0.15, 0.2) is 0 Å². The van der Waals surface area contributed by atoms with Crippen LogP contribution in [0.3, 0.4) is 0 Å². The van der Waals surface area contributed by atoms with Gasteiger partial charge >= 0.3 is 264 Å². The van der Waals surface area contributed by atoms with E-state index in [1.807, 2.05) is 0 Å². The average molecular weight is 625 g/mol. The maximum atomic E-state index is 2.68. The van der Waals surface area contributed by atoms with E-state index in [2.05, 4.69) is 164 Å². The quantitative estimate of drug-likeness (QED) is 0.198. The monoisotopic (exact) mass is 626 g/mol. The number of hydrogen-bond donors (Lipinski definition) is 0. The van der Waals surface area contributed by atoms with Crippen molar-refractivity contribution in [1.82, 2.24) is 0 Å². The van der Waals surface area contributed by atoms with Crippen LogP contribution < -0.4 is 0 Å². The number of rotatable bonds is 4. The Labute approximate surface area is 263 Å². The SMILES string of the molecule is CC1=Cc2c(-c3ccc(C(C)(C)C)cc3)cccc2[CH]1[Ge]([CH3])([CH3])[CH]1C(C)=Cc2c(-c3ccc(C(C)(C)C)cc3)cccc21. The third kappa shape index (κ3) is 5.20. The summed E-state index contributed by atoms with van der Waals surface area (Å²) in [4.78, 5) is 0. The molecule has 43 heavy (non-hydrogen) atoms. The van der Waals surface area contributed by atoms with Crippen LogP contribution in [0.5, 0.6) is 0 Å². The molecule has 2 aliphatic carbocycles. The van der Waals surface area contributed by atoms with E-state index in [1.165, 1.54) is 44.5 Å². The van der Waals surface area contributed by atoms with Crippen LogP contribution in [0.1, 0.15) is 98.3 Å². The van der Waals surface area contributed by atoms with Gasteiger partial charge in [-0.1, -0.05) is 0 Å². The molecular formula is C42H48Ge. The predicted octanol–water partition coefficient (Wildman–Crippen LogP) is 12.1. The van der Waals surface area contributed by atoms with Gasteiger partial charge in [0.1, 0.15) is 0 Å². The van der Waals surface area contributed by atoms with Gasteiger partial charge < -0.3 is 0 Å². The molecule has 0 spiro atoms. The molecular weight excluding hydrogens is 577 g/mol. The van der Waals surface area contributed by atoms with Gasteiger partial charge in [0.2, 0.25) is 0 Å². The molecule has 220 valence electrons. The number of benzene rings is 4. The summed E-state index contributed by atoms with van der Waals surface area (Å²) in [7, 11) is 0. The number of allylic oxidation sites excluding steroid dienone is 2. The molecule has 0 amide bonds. The maximum absolute atomic E-state index is 2.68. The van der Waals surface area contributed by atoms with Gasteiger partial charge in [-0.25, -0.2) is 0 Å². The third-order valence-corrected chi connectivity index (χ3v) is 19.6. The van der Waals surface area contributed by atoms with Crippen molar-refractivity contribution in [2.24, 2.45) is 0 Å². The van der Waals surface area contributed by atoms with Crippen molar-refractivity contribution in [3.63, 3.8) is 0 Å². The van der Waals surface area contributed by atoms with E-state index >= 15 is 0 Å². The first-order valence-corrected chi connectivity index (χ1v) is 22.6. The molecule has 0 aromatic heterocycles. The van der Waals surface area contributed by atoms with E-state index in [-0.39, 0.29) is 10.8 Å². The molecule has 0 heterocycles. The van der Waals surface area contributed by atoms with Gasteiger partial charge in [-0.3, -0.25) is 0 Å². The second-order valence-electron chi connectivity index (χ2n) is 15.7. The minimum atomic E-state index is -2.59. The van der Waals surface area contributed by atoms with Crippen LogP contribution in [-0.4, -0.2) is 13.3 Å². The first-order chi connectivity index (χ1) is 20.2. The Morgan fingerprint density at radius 3 is 1.16 bits per heavy atom. The minimum absolute atomic E-state index is 0.162. The molecule has 0 fully saturated rings. The second kappa shape index (κ2) is 10.5. The normalized spacial score (nSPS) is 18.3. The van der Waals surface area contributed by atoms with E-state index in [4.69, 9.17) is 0 Å². The van der Waals surface area contributed by atoms with E-state index < -0.39 is 13.3 Å². The van der Waals surface area contributed by atoms with E-state index in [0.717, 1.165) is 0 Å². The molecule has 0 radical (unpaired) electrons. The summed E-state index contributed by atoms with van der Waals surface area (Å²) in [6.07, 6.45) is 5.03. The molecule has 0 bridgehead atoms. The van der Waals surface area contributed by atoms with Crippen molar-refractivity contribution in [2.45, 2.75) is 87.2 Å². The molecule has 2 unspecified atom stereocenters. The van der Waals surface area contributed by atoms with Crippen molar-refractivity contribution in [3.8, 4) is 22.3 Å². The van der Waals surface area contributed by atoms with Gasteiger partial charge in [0, 0.05) is 0 Å². The van der Waals surface area contributed by atoms with Crippen LogP contribution >= 0.6 is 0 Å². The Morgan fingerprint density at radius 2 is 0.837 bits per heavy atom. The molecule has 4 aromatic carbocycles. The summed E-state index contributed by atoms with van der Waals surface area (Å²) in [6.45, 7) is 18.5. The van der Waals surface area contributed by atoms with E-state index in [9.17, 15) is 0 Å². The van der Waals surface area contributed by atoms with Crippen LogP contribution in [0.15, 0.2) is 96.1 Å². The zero-order chi connectivity index (χ0) is 30.9. The molecule has 1 heteroatoms. The Kier molecular flexibility index (Phi) is 7.32. The molecule has 4 aromatic rings. The Bertz CT molecular complexity index is 1620. The first kappa shape index (κ1) is 30.0. The molecule has 0 nitrogen and oxygen atoms in total. The number of hydrogen-bond acceptors (Lipinski definition) is 0. The van der Waals surface area contributed by atoms with Crippen LogP contribution in [0.4, 0.5) is 0 Å². The van der Waals surface area contributed by atoms with E-state index in [0.29, 0.717) is 9.50 Å². The predicted molar refractivity (Wildman–Crippen MR) is 191 cm³/mol. The van der Waals surface area contributed by atoms with Crippen molar-refractivity contribution in [1.29, 1.82) is 0 Å². The molecule has 2 aliphatic rings. The summed E-state index contributed by atoms with van der Waals surface area (Å²) in [6, 6.07) is 32.7. The van der Waals surface area contributed by atoms with Crippen LogP contribution in [0, 0.1) is 0 Å². The van der Waals surface area contributed by atoms with Gasteiger partial charge in [0.25, 0.3) is 0 Å². The fraction of sp³-hybridized carbons (Fsp3) is 0.333. The first-order valence-electron chi connectivity index (χ1n) is 16.0. The van der Waals surface area contributed by atoms with Gasteiger partial charge in [-0.2, -0.15) is 0 Å². The van der Waals surface area contributed by atoms with Crippen molar-refractivity contribution in [3.05, 3.63) is 129 Å². The molecule has 2 atom stereocenters. The summed E-state index contributed by atoms with van der Waals surface area (Å²) in [5.74, 6) is 5.37. The fourth-order valence-corrected chi connectivity index (χ4v) is 18.4. The molecule has 0 saturated carbocycles. The summed E-state index contributed by atoms with van der Waals surface area (Å²) in [5.41, 5.74) is 17.6. The Hall–Kier alpha value is -3.10. The van der Waals surface area contributed by atoms with Crippen molar-refractivity contribution in [2.75, 3.05) is 0 Å². The fourth-order valence-electron chi connectivity index (χ4n) is 8.05. The average Bonchev–Trinajstić information content (AvgIpc) is 3.48. The molecule has 6 rings (SSSR count). The van der Waals surface area contributed by atoms with E-state index in [1.54, 1.807) is 22.3 Å². The van der Waals surface area contributed by atoms with Gasteiger partial charge in [-0.15, -0.1) is 0 Å². The van der Waals surface area contributed by atoms with Gasteiger partial charge in [-0.05, 0) is 0 Å². The molecule has 0 aliphatic heterocycles. The molecule has 0 N–H and O–H groups in total. The zero-order valence-corrected chi connectivity index (χ0v) is 30.0. The summed E-state index contributed by atoms with van der Waals surface area (Å²) in [5, 5.41) is 0.